The molecule has 2 saturated heterocycles. The Morgan fingerprint density at radius 2 is 1.86 bits per heavy atom. The number of likely N-dealkylation sites (tertiary alicyclic amines) is 1. The largest absolute Gasteiger partial charge is 0.416 e. The molecule has 3 rings (SSSR count). The molecule has 1 amide bonds. The van der Waals surface area contributed by atoms with Crippen LogP contribution in [0, 0.1) is 0 Å². The van der Waals surface area contributed by atoms with Gasteiger partial charge in [0, 0.05) is 58.5 Å². The highest BCUT2D eigenvalue weighted by molar-refractivity contribution is 5.77. The third-order valence-corrected chi connectivity index (χ3v) is 5.71. The lowest BCUT2D eigenvalue weighted by atomic mass is 10.0. The molecule has 156 valence electrons. The van der Waals surface area contributed by atoms with Crippen molar-refractivity contribution in [3.8, 4) is 0 Å². The van der Waals surface area contributed by atoms with Gasteiger partial charge in [0.25, 0.3) is 0 Å². The molecule has 8 heteroatoms. The zero-order valence-corrected chi connectivity index (χ0v) is 16.6. The third-order valence-electron chi connectivity index (χ3n) is 5.71. The molecule has 0 aromatic heterocycles. The van der Waals surface area contributed by atoms with E-state index >= 15 is 0 Å². The zero-order chi connectivity index (χ0) is 20.3. The maximum atomic E-state index is 13.0. The van der Waals surface area contributed by atoms with Crippen LogP contribution in [0.25, 0.3) is 0 Å². The van der Waals surface area contributed by atoms with Gasteiger partial charge in [-0.3, -0.25) is 14.6 Å². The maximum absolute atomic E-state index is 13.0. The summed E-state index contributed by atoms with van der Waals surface area (Å²) in [6.45, 7) is 5.37. The van der Waals surface area contributed by atoms with Crippen LogP contribution < -0.4 is 4.90 Å². The van der Waals surface area contributed by atoms with Crippen molar-refractivity contribution < 1.29 is 18.0 Å². The number of carbonyl (C=O) groups excluding carboxylic acids is 1. The van der Waals surface area contributed by atoms with Crippen LogP contribution in [0.1, 0.15) is 18.4 Å². The summed E-state index contributed by atoms with van der Waals surface area (Å²) in [5.74, 6) is 0.120. The number of carbonyl (C=O) groups is 1. The molecule has 0 saturated carbocycles. The highest BCUT2D eigenvalue weighted by atomic mass is 19.4. The van der Waals surface area contributed by atoms with E-state index in [0.29, 0.717) is 31.4 Å². The number of alkyl halides is 3. The Balaban J connectivity index is 1.54. The standard InChI is InChI=1S/C20H29F3N4O/c1-24(2)19(28)15-25-8-4-7-18(14-25)27-11-9-26(10-12-27)17-6-3-5-16(13-17)20(21,22)23/h3,5-6,13,18H,4,7-12,14-15H2,1-2H3. The molecule has 0 radical (unpaired) electrons. The Morgan fingerprint density at radius 1 is 1.14 bits per heavy atom. The fourth-order valence-corrected chi connectivity index (χ4v) is 4.03. The second kappa shape index (κ2) is 8.69. The number of rotatable bonds is 4. The quantitative estimate of drug-likeness (QED) is 0.779. The molecule has 28 heavy (non-hydrogen) atoms. The number of hydrogen-bond acceptors (Lipinski definition) is 4. The lowest BCUT2D eigenvalue weighted by Gasteiger charge is -2.44. The SMILES string of the molecule is CN(C)C(=O)CN1CCCC(N2CCN(c3cccc(C(F)(F)F)c3)CC2)C1. The van der Waals surface area contributed by atoms with E-state index in [-0.39, 0.29) is 5.91 Å². The van der Waals surface area contributed by atoms with Gasteiger partial charge in [-0.2, -0.15) is 13.2 Å². The molecule has 2 aliphatic rings. The smallest absolute Gasteiger partial charge is 0.369 e. The summed E-state index contributed by atoms with van der Waals surface area (Å²) in [5.41, 5.74) is 0.0391. The predicted molar refractivity (Wildman–Crippen MR) is 103 cm³/mol. The van der Waals surface area contributed by atoms with Crippen LogP contribution in [0.3, 0.4) is 0 Å². The lowest BCUT2D eigenvalue weighted by Crippen LogP contribution is -2.56. The summed E-state index contributed by atoms with van der Waals surface area (Å²) in [6.07, 6.45) is -2.14. The van der Waals surface area contributed by atoms with Gasteiger partial charge in [0.2, 0.25) is 5.91 Å². The molecule has 2 aliphatic heterocycles. The van der Waals surface area contributed by atoms with E-state index in [4.69, 9.17) is 0 Å². The van der Waals surface area contributed by atoms with Crippen LogP contribution in [0.2, 0.25) is 0 Å². The van der Waals surface area contributed by atoms with Crippen LogP contribution in [0.4, 0.5) is 18.9 Å². The monoisotopic (exact) mass is 398 g/mol. The second-order valence-electron chi connectivity index (χ2n) is 7.89. The van der Waals surface area contributed by atoms with Gasteiger partial charge in [0.05, 0.1) is 12.1 Å². The van der Waals surface area contributed by atoms with Crippen LogP contribution in [0.15, 0.2) is 24.3 Å². The van der Waals surface area contributed by atoms with Gasteiger partial charge in [0.15, 0.2) is 0 Å². The summed E-state index contributed by atoms with van der Waals surface area (Å²) < 4.78 is 38.9. The lowest BCUT2D eigenvalue weighted by molar-refractivity contribution is -0.137. The Bertz CT molecular complexity index is 672. The van der Waals surface area contributed by atoms with E-state index in [9.17, 15) is 18.0 Å². The Hall–Kier alpha value is -1.80. The molecule has 0 bridgehead atoms. The molecular formula is C20H29F3N4O. The number of piperazine rings is 1. The molecule has 0 N–H and O–H groups in total. The topological polar surface area (TPSA) is 30.0 Å². The molecule has 0 aliphatic carbocycles. The Kier molecular flexibility index (Phi) is 6.50. The van der Waals surface area contributed by atoms with Crippen molar-refractivity contribution in [1.82, 2.24) is 14.7 Å². The molecule has 1 unspecified atom stereocenters. The molecule has 0 spiro atoms. The van der Waals surface area contributed by atoms with Crippen molar-refractivity contribution in [2.75, 3.05) is 64.8 Å². The number of amides is 1. The van der Waals surface area contributed by atoms with Crippen LogP contribution in [-0.4, -0.2) is 86.6 Å². The Labute approximate surface area is 164 Å². The van der Waals surface area contributed by atoms with Gasteiger partial charge in [-0.05, 0) is 37.6 Å². The van der Waals surface area contributed by atoms with Crippen LogP contribution in [-0.2, 0) is 11.0 Å². The van der Waals surface area contributed by atoms with Crippen molar-refractivity contribution >= 4 is 11.6 Å². The van der Waals surface area contributed by atoms with Gasteiger partial charge in [-0.15, -0.1) is 0 Å². The summed E-state index contributed by atoms with van der Waals surface area (Å²) >= 11 is 0. The van der Waals surface area contributed by atoms with E-state index < -0.39 is 11.7 Å². The van der Waals surface area contributed by atoms with E-state index in [1.54, 1.807) is 25.1 Å². The summed E-state index contributed by atoms with van der Waals surface area (Å²) in [7, 11) is 3.55. The highest BCUT2D eigenvalue weighted by Crippen LogP contribution is 2.32. The molecule has 1 aromatic rings. The van der Waals surface area contributed by atoms with Crippen molar-refractivity contribution in [1.29, 1.82) is 0 Å². The number of piperidine rings is 1. The predicted octanol–water partition coefficient (Wildman–Crippen LogP) is 2.38. The van der Waals surface area contributed by atoms with Crippen molar-refractivity contribution in [3.05, 3.63) is 29.8 Å². The first-order chi connectivity index (χ1) is 13.2. The highest BCUT2D eigenvalue weighted by Gasteiger charge is 2.32. The summed E-state index contributed by atoms with van der Waals surface area (Å²) in [5, 5.41) is 0. The fourth-order valence-electron chi connectivity index (χ4n) is 4.03. The normalized spacial score (nSPS) is 22.3. The van der Waals surface area contributed by atoms with Gasteiger partial charge < -0.3 is 9.80 Å². The van der Waals surface area contributed by atoms with E-state index in [1.165, 1.54) is 12.1 Å². The van der Waals surface area contributed by atoms with Gasteiger partial charge in [0.1, 0.15) is 0 Å². The van der Waals surface area contributed by atoms with Crippen molar-refractivity contribution in [2.45, 2.75) is 25.1 Å². The number of benzene rings is 1. The minimum Gasteiger partial charge on any atom is -0.369 e. The number of nitrogens with zero attached hydrogens (tertiary/aromatic N) is 4. The molecule has 1 aromatic carbocycles. The van der Waals surface area contributed by atoms with E-state index in [2.05, 4.69) is 9.80 Å². The molecular weight excluding hydrogens is 369 g/mol. The van der Waals surface area contributed by atoms with Crippen LogP contribution >= 0.6 is 0 Å². The van der Waals surface area contributed by atoms with Gasteiger partial charge >= 0.3 is 6.18 Å². The second-order valence-corrected chi connectivity index (χ2v) is 7.89. The summed E-state index contributed by atoms with van der Waals surface area (Å²) in [4.78, 5) is 20.3. The van der Waals surface area contributed by atoms with E-state index in [0.717, 1.165) is 45.1 Å². The first kappa shape index (κ1) is 20.9. The average molecular weight is 398 g/mol. The van der Waals surface area contributed by atoms with Gasteiger partial charge in [-0.1, -0.05) is 6.07 Å². The molecule has 1 atom stereocenters. The first-order valence-corrected chi connectivity index (χ1v) is 9.83. The number of anilines is 1. The van der Waals surface area contributed by atoms with Gasteiger partial charge in [-0.25, -0.2) is 0 Å². The average Bonchev–Trinajstić information content (AvgIpc) is 2.68. The molecule has 2 fully saturated rings. The number of hydrogen-bond donors (Lipinski definition) is 0. The zero-order valence-electron chi connectivity index (χ0n) is 16.6. The molecule has 2 heterocycles. The Morgan fingerprint density at radius 3 is 2.50 bits per heavy atom. The van der Waals surface area contributed by atoms with E-state index in [1.807, 2.05) is 4.90 Å². The minimum absolute atomic E-state index is 0.120. The summed E-state index contributed by atoms with van der Waals surface area (Å²) in [6, 6.07) is 5.99. The third kappa shape index (κ3) is 5.17. The number of likely N-dealkylation sites (N-methyl/N-ethyl adjacent to an activating group) is 1. The fraction of sp³-hybridized carbons (Fsp3) is 0.650. The van der Waals surface area contributed by atoms with Crippen LogP contribution in [0.5, 0.6) is 0 Å². The number of halogens is 3. The first-order valence-electron chi connectivity index (χ1n) is 9.83. The molecule has 5 nitrogen and oxygen atoms in total. The maximum Gasteiger partial charge on any atom is 0.416 e. The van der Waals surface area contributed by atoms with Crippen molar-refractivity contribution in [3.63, 3.8) is 0 Å². The van der Waals surface area contributed by atoms with Crippen molar-refractivity contribution in [2.24, 2.45) is 0 Å². The minimum atomic E-state index is -4.31.